The van der Waals surface area contributed by atoms with Gasteiger partial charge in [-0.1, -0.05) is 18.3 Å². The van der Waals surface area contributed by atoms with Crippen LogP contribution < -0.4 is 15.0 Å². The van der Waals surface area contributed by atoms with Crippen LogP contribution in [0.15, 0.2) is 41.4 Å². The lowest BCUT2D eigenvalue weighted by atomic mass is 10.1. The quantitative estimate of drug-likeness (QED) is 0.787. The molecule has 2 aliphatic rings. The van der Waals surface area contributed by atoms with E-state index in [0.29, 0.717) is 17.4 Å². The maximum atomic E-state index is 12.5. The van der Waals surface area contributed by atoms with Crippen LogP contribution >= 0.6 is 24.0 Å². The van der Waals surface area contributed by atoms with Crippen molar-refractivity contribution in [3.63, 3.8) is 0 Å². The van der Waals surface area contributed by atoms with Crippen molar-refractivity contribution in [1.82, 2.24) is 10.3 Å². The van der Waals surface area contributed by atoms with E-state index in [9.17, 15) is 4.79 Å². The number of ether oxygens (including phenoxy) is 2. The first kappa shape index (κ1) is 18.1. The lowest BCUT2D eigenvalue weighted by molar-refractivity contribution is 0.135. The van der Waals surface area contributed by atoms with Crippen LogP contribution in [0.2, 0.25) is 0 Å². The van der Waals surface area contributed by atoms with Crippen molar-refractivity contribution in [3.05, 3.63) is 36.5 Å². The molecule has 4 rings (SSSR count). The number of hydrogen-bond acceptors (Lipinski definition) is 6. The molecule has 2 aliphatic heterocycles. The van der Waals surface area contributed by atoms with E-state index in [2.05, 4.69) is 16.4 Å². The number of thiocarbonyl (C=S) groups is 1. The second kappa shape index (κ2) is 7.36. The summed E-state index contributed by atoms with van der Waals surface area (Å²) in [5, 5.41) is 3.11. The third-order valence-corrected chi connectivity index (χ3v) is 5.96. The van der Waals surface area contributed by atoms with E-state index in [1.54, 1.807) is 30.0 Å². The van der Waals surface area contributed by atoms with Crippen LogP contribution in [-0.2, 0) is 4.74 Å². The zero-order valence-corrected chi connectivity index (χ0v) is 16.6. The Morgan fingerprint density at radius 2 is 2.22 bits per heavy atom. The number of nitrogens with zero attached hydrogens (tertiary/aromatic N) is 2. The van der Waals surface area contributed by atoms with Crippen LogP contribution in [-0.4, -0.2) is 47.6 Å². The molecule has 0 radical (unpaired) electrons. The standard InChI is InChI=1S/C19H19N3O3S2/c1-11(26)20-9-16-15-10-27-17-7-12(13-4-6-18(24-2)21-8-13)3-5-14(17)22(15)19(23)25-16/h3-8,15-16H,9-10H2,1-2H3,(H,20,26)/t15-,16-/m0/s1. The highest BCUT2D eigenvalue weighted by Crippen LogP contribution is 2.43. The van der Waals surface area contributed by atoms with Crippen LogP contribution in [0.4, 0.5) is 10.5 Å². The summed E-state index contributed by atoms with van der Waals surface area (Å²) in [6.45, 7) is 2.36. The fraction of sp³-hybridized carbons (Fsp3) is 0.316. The summed E-state index contributed by atoms with van der Waals surface area (Å²) in [7, 11) is 1.60. The zero-order valence-electron chi connectivity index (χ0n) is 15.0. The highest BCUT2D eigenvalue weighted by Gasteiger charge is 2.45. The van der Waals surface area contributed by atoms with Crippen LogP contribution in [0.25, 0.3) is 11.1 Å². The average Bonchev–Trinajstić information content (AvgIpc) is 3.02. The van der Waals surface area contributed by atoms with Crippen molar-refractivity contribution in [2.45, 2.75) is 24.0 Å². The first-order valence-corrected chi connectivity index (χ1v) is 9.98. The van der Waals surface area contributed by atoms with Gasteiger partial charge in [-0.2, -0.15) is 0 Å². The average molecular weight is 402 g/mol. The van der Waals surface area contributed by atoms with Gasteiger partial charge in [0, 0.05) is 28.5 Å². The van der Waals surface area contributed by atoms with E-state index in [1.165, 1.54) is 0 Å². The van der Waals surface area contributed by atoms with Crippen molar-refractivity contribution in [3.8, 4) is 17.0 Å². The van der Waals surface area contributed by atoms with E-state index in [1.807, 2.05) is 31.2 Å². The maximum Gasteiger partial charge on any atom is 0.415 e. The van der Waals surface area contributed by atoms with Crippen molar-refractivity contribution in [1.29, 1.82) is 0 Å². The predicted molar refractivity (Wildman–Crippen MR) is 110 cm³/mol. The molecular formula is C19H19N3O3S2. The van der Waals surface area contributed by atoms with Gasteiger partial charge in [-0.05, 0) is 30.7 Å². The molecule has 1 fully saturated rings. The maximum absolute atomic E-state index is 12.5. The van der Waals surface area contributed by atoms with Gasteiger partial charge in [-0.3, -0.25) is 4.90 Å². The Morgan fingerprint density at radius 1 is 1.41 bits per heavy atom. The van der Waals surface area contributed by atoms with E-state index >= 15 is 0 Å². The molecule has 8 heteroatoms. The Balaban J connectivity index is 1.59. The molecule has 2 aromatic rings. The summed E-state index contributed by atoms with van der Waals surface area (Å²) >= 11 is 6.80. The Hall–Kier alpha value is -2.32. The number of thioether (sulfide) groups is 1. The van der Waals surface area contributed by atoms with Crippen molar-refractivity contribution >= 4 is 40.7 Å². The van der Waals surface area contributed by atoms with Crippen LogP contribution in [0.3, 0.4) is 0 Å². The van der Waals surface area contributed by atoms with E-state index < -0.39 is 0 Å². The smallest absolute Gasteiger partial charge is 0.415 e. The van der Waals surface area contributed by atoms with Crippen LogP contribution in [0, 0.1) is 0 Å². The monoisotopic (exact) mass is 401 g/mol. The summed E-state index contributed by atoms with van der Waals surface area (Å²) in [4.78, 5) is 20.3. The number of anilines is 1. The van der Waals surface area contributed by atoms with E-state index in [-0.39, 0.29) is 18.2 Å². The Kier molecular flexibility index (Phi) is 4.92. The Bertz CT molecular complexity index is 888. The second-order valence-electron chi connectivity index (χ2n) is 6.38. The first-order valence-electron chi connectivity index (χ1n) is 8.58. The molecule has 6 nitrogen and oxygen atoms in total. The molecule has 1 aromatic carbocycles. The summed E-state index contributed by atoms with van der Waals surface area (Å²) in [5.41, 5.74) is 2.95. The molecule has 0 bridgehead atoms. The minimum absolute atomic E-state index is 0.00496. The van der Waals surface area contributed by atoms with Gasteiger partial charge in [0.15, 0.2) is 0 Å². The van der Waals surface area contributed by atoms with Crippen LogP contribution in [0.1, 0.15) is 6.92 Å². The Labute approximate surface area is 167 Å². The number of methoxy groups -OCH3 is 1. The molecule has 1 amide bonds. The lowest BCUT2D eigenvalue weighted by Crippen LogP contribution is -2.45. The number of carbonyl (C=O) groups excluding carboxylic acids is 1. The summed E-state index contributed by atoms with van der Waals surface area (Å²) in [5.74, 6) is 1.37. The summed E-state index contributed by atoms with van der Waals surface area (Å²) < 4.78 is 10.7. The second-order valence-corrected chi connectivity index (χ2v) is 8.05. The van der Waals surface area contributed by atoms with Gasteiger partial charge < -0.3 is 14.8 Å². The molecule has 2 atom stereocenters. The number of fused-ring (bicyclic) bond motifs is 3. The van der Waals surface area contributed by atoms with E-state index in [0.717, 1.165) is 27.5 Å². The van der Waals surface area contributed by atoms with Gasteiger partial charge in [0.05, 0.1) is 30.4 Å². The van der Waals surface area contributed by atoms with Gasteiger partial charge in [-0.15, -0.1) is 11.8 Å². The molecular weight excluding hydrogens is 382 g/mol. The lowest BCUT2D eigenvalue weighted by Gasteiger charge is -2.31. The summed E-state index contributed by atoms with van der Waals surface area (Å²) in [6, 6.07) is 9.90. The van der Waals surface area contributed by atoms with Gasteiger partial charge in [-0.25, -0.2) is 9.78 Å². The molecule has 0 saturated carbocycles. The van der Waals surface area contributed by atoms with Crippen molar-refractivity contribution in [2.24, 2.45) is 0 Å². The number of amides is 1. The fourth-order valence-electron chi connectivity index (χ4n) is 3.30. The SMILES string of the molecule is COc1ccc(-c2ccc3c(c2)SC[C@H]2[C@H](CNC(C)=S)OC(=O)N32)cn1. The number of hydrogen-bond donors (Lipinski definition) is 1. The van der Waals surface area contributed by atoms with Gasteiger partial charge >= 0.3 is 6.09 Å². The van der Waals surface area contributed by atoms with Gasteiger partial charge in [0.2, 0.25) is 5.88 Å². The highest BCUT2D eigenvalue weighted by atomic mass is 32.2. The number of carbonyl (C=O) groups is 1. The predicted octanol–water partition coefficient (Wildman–Crippen LogP) is 3.49. The minimum Gasteiger partial charge on any atom is -0.481 e. The normalized spacial score (nSPS) is 20.5. The molecule has 0 aliphatic carbocycles. The fourth-order valence-corrected chi connectivity index (χ4v) is 4.62. The molecule has 140 valence electrons. The highest BCUT2D eigenvalue weighted by molar-refractivity contribution is 7.99. The number of benzene rings is 1. The first-order chi connectivity index (χ1) is 13.1. The largest absolute Gasteiger partial charge is 0.481 e. The van der Waals surface area contributed by atoms with Crippen LogP contribution in [0.5, 0.6) is 5.88 Å². The Morgan fingerprint density at radius 3 is 2.93 bits per heavy atom. The molecule has 1 saturated heterocycles. The molecule has 27 heavy (non-hydrogen) atoms. The van der Waals surface area contributed by atoms with Crippen molar-refractivity contribution in [2.75, 3.05) is 24.3 Å². The van der Waals surface area contributed by atoms with E-state index in [4.69, 9.17) is 21.7 Å². The number of aromatic nitrogens is 1. The van der Waals surface area contributed by atoms with Gasteiger partial charge in [0.25, 0.3) is 0 Å². The van der Waals surface area contributed by atoms with Gasteiger partial charge in [0.1, 0.15) is 6.10 Å². The zero-order chi connectivity index (χ0) is 19.0. The third kappa shape index (κ3) is 3.46. The molecule has 3 heterocycles. The number of pyridine rings is 1. The number of cyclic esters (lactones) is 1. The van der Waals surface area contributed by atoms with Crippen molar-refractivity contribution < 1.29 is 14.3 Å². The molecule has 1 N–H and O–H groups in total. The number of rotatable bonds is 4. The number of nitrogens with one attached hydrogen (secondary N) is 1. The molecule has 0 spiro atoms. The topological polar surface area (TPSA) is 63.7 Å². The third-order valence-electron chi connectivity index (χ3n) is 4.67. The molecule has 1 aromatic heterocycles. The minimum atomic E-state index is -0.297. The summed E-state index contributed by atoms with van der Waals surface area (Å²) in [6.07, 6.45) is 1.28. The molecule has 0 unspecified atom stereocenters.